The average molecular weight is 265 g/mol. The standard InChI is InChI=1S/C15H27N3O/c1-12-7-4-5-8-14(12)17-15-16-13(2)11-18(15)9-6-10-19-3/h11-12,14H,4-10H2,1-3H3,(H,16,17). The smallest absolute Gasteiger partial charge is 0.203 e. The van der Waals surface area contributed by atoms with Crippen molar-refractivity contribution < 1.29 is 4.74 Å². The fraction of sp³-hybridized carbons (Fsp3) is 0.800. The number of hydrogen-bond donors (Lipinski definition) is 1. The largest absolute Gasteiger partial charge is 0.385 e. The van der Waals surface area contributed by atoms with E-state index < -0.39 is 0 Å². The highest BCUT2D eigenvalue weighted by molar-refractivity contribution is 5.30. The number of aromatic nitrogens is 2. The predicted molar refractivity (Wildman–Crippen MR) is 78.5 cm³/mol. The lowest BCUT2D eigenvalue weighted by Crippen LogP contribution is -2.31. The summed E-state index contributed by atoms with van der Waals surface area (Å²) >= 11 is 0. The molecule has 1 aliphatic carbocycles. The molecule has 0 amide bonds. The monoisotopic (exact) mass is 265 g/mol. The molecule has 1 saturated carbocycles. The molecule has 1 heterocycles. The zero-order valence-electron chi connectivity index (χ0n) is 12.5. The van der Waals surface area contributed by atoms with Gasteiger partial charge in [0.25, 0.3) is 0 Å². The van der Waals surface area contributed by atoms with Crippen molar-refractivity contribution in [3.63, 3.8) is 0 Å². The van der Waals surface area contributed by atoms with Crippen LogP contribution in [-0.4, -0.2) is 29.3 Å². The summed E-state index contributed by atoms with van der Waals surface area (Å²) in [5, 5.41) is 3.66. The van der Waals surface area contributed by atoms with E-state index in [0.717, 1.165) is 37.1 Å². The van der Waals surface area contributed by atoms with Crippen molar-refractivity contribution in [2.45, 2.75) is 58.5 Å². The molecule has 1 fully saturated rings. The number of anilines is 1. The fourth-order valence-electron chi connectivity index (χ4n) is 2.91. The van der Waals surface area contributed by atoms with Gasteiger partial charge in [0.2, 0.25) is 5.95 Å². The molecular formula is C15H27N3O. The molecule has 4 nitrogen and oxygen atoms in total. The first-order valence-electron chi connectivity index (χ1n) is 7.50. The average Bonchev–Trinajstić information content (AvgIpc) is 2.73. The Morgan fingerprint density at radius 2 is 2.21 bits per heavy atom. The Kier molecular flexibility index (Phi) is 5.25. The van der Waals surface area contributed by atoms with Gasteiger partial charge in [0.1, 0.15) is 0 Å². The lowest BCUT2D eigenvalue weighted by Gasteiger charge is -2.30. The van der Waals surface area contributed by atoms with E-state index in [1.165, 1.54) is 25.7 Å². The molecule has 1 aromatic rings. The van der Waals surface area contributed by atoms with Crippen LogP contribution in [0.4, 0.5) is 5.95 Å². The van der Waals surface area contributed by atoms with E-state index in [9.17, 15) is 0 Å². The van der Waals surface area contributed by atoms with Crippen LogP contribution in [0.15, 0.2) is 6.20 Å². The van der Waals surface area contributed by atoms with Crippen molar-refractivity contribution in [1.82, 2.24) is 9.55 Å². The number of methoxy groups -OCH3 is 1. The van der Waals surface area contributed by atoms with Gasteiger partial charge >= 0.3 is 0 Å². The Morgan fingerprint density at radius 1 is 1.42 bits per heavy atom. The van der Waals surface area contributed by atoms with Crippen LogP contribution < -0.4 is 5.32 Å². The third-order valence-electron chi connectivity index (χ3n) is 4.07. The Labute approximate surface area is 116 Å². The van der Waals surface area contributed by atoms with Crippen LogP contribution in [0.2, 0.25) is 0 Å². The molecule has 1 aromatic heterocycles. The van der Waals surface area contributed by atoms with E-state index in [2.05, 4.69) is 34.9 Å². The van der Waals surface area contributed by atoms with Gasteiger partial charge in [0.15, 0.2) is 0 Å². The van der Waals surface area contributed by atoms with Crippen molar-refractivity contribution in [2.24, 2.45) is 5.92 Å². The zero-order chi connectivity index (χ0) is 13.7. The first-order chi connectivity index (χ1) is 9.20. The maximum Gasteiger partial charge on any atom is 0.203 e. The Morgan fingerprint density at radius 3 is 2.95 bits per heavy atom. The first kappa shape index (κ1) is 14.4. The molecule has 0 aliphatic heterocycles. The fourth-order valence-corrected chi connectivity index (χ4v) is 2.91. The second kappa shape index (κ2) is 6.94. The topological polar surface area (TPSA) is 39.1 Å². The van der Waals surface area contributed by atoms with E-state index >= 15 is 0 Å². The Hall–Kier alpha value is -1.03. The molecule has 0 radical (unpaired) electrons. The zero-order valence-corrected chi connectivity index (χ0v) is 12.5. The van der Waals surface area contributed by atoms with Crippen molar-refractivity contribution in [2.75, 3.05) is 19.0 Å². The SMILES string of the molecule is COCCCn1cc(C)nc1NC1CCCCC1C. The quantitative estimate of drug-likeness (QED) is 0.803. The molecule has 1 N–H and O–H groups in total. The van der Waals surface area contributed by atoms with Crippen LogP contribution in [0.1, 0.15) is 44.7 Å². The van der Waals surface area contributed by atoms with Crippen molar-refractivity contribution >= 4 is 5.95 Å². The van der Waals surface area contributed by atoms with Gasteiger partial charge in [-0.3, -0.25) is 0 Å². The molecule has 2 rings (SSSR count). The minimum Gasteiger partial charge on any atom is -0.385 e. The van der Waals surface area contributed by atoms with Crippen molar-refractivity contribution in [3.8, 4) is 0 Å². The predicted octanol–water partition coefficient (Wildman–Crippen LogP) is 3.22. The summed E-state index contributed by atoms with van der Waals surface area (Å²) in [5.41, 5.74) is 1.09. The summed E-state index contributed by atoms with van der Waals surface area (Å²) in [4.78, 5) is 4.63. The van der Waals surface area contributed by atoms with Crippen LogP contribution >= 0.6 is 0 Å². The van der Waals surface area contributed by atoms with Gasteiger partial charge in [0.05, 0.1) is 5.69 Å². The molecule has 4 heteroatoms. The highest BCUT2D eigenvalue weighted by Crippen LogP contribution is 2.26. The minimum absolute atomic E-state index is 0.580. The van der Waals surface area contributed by atoms with Crippen LogP contribution in [0.3, 0.4) is 0 Å². The molecule has 19 heavy (non-hydrogen) atoms. The van der Waals surface area contributed by atoms with Crippen molar-refractivity contribution in [1.29, 1.82) is 0 Å². The maximum atomic E-state index is 5.12. The minimum atomic E-state index is 0.580. The number of aryl methyl sites for hydroxylation is 2. The van der Waals surface area contributed by atoms with E-state index in [4.69, 9.17) is 4.74 Å². The lowest BCUT2D eigenvalue weighted by molar-refractivity contribution is 0.190. The lowest BCUT2D eigenvalue weighted by atomic mass is 9.86. The van der Waals surface area contributed by atoms with Crippen LogP contribution in [0.25, 0.3) is 0 Å². The number of hydrogen-bond acceptors (Lipinski definition) is 3. The van der Waals surface area contributed by atoms with E-state index in [-0.39, 0.29) is 0 Å². The number of rotatable bonds is 6. The summed E-state index contributed by atoms with van der Waals surface area (Å²) in [6.07, 6.45) is 8.48. The molecule has 0 spiro atoms. The van der Waals surface area contributed by atoms with E-state index in [1.54, 1.807) is 7.11 Å². The third kappa shape index (κ3) is 3.96. The second-order valence-corrected chi connectivity index (χ2v) is 5.76. The van der Waals surface area contributed by atoms with Crippen LogP contribution in [0, 0.1) is 12.8 Å². The molecule has 108 valence electrons. The third-order valence-corrected chi connectivity index (χ3v) is 4.07. The molecule has 2 unspecified atom stereocenters. The molecule has 1 aliphatic rings. The summed E-state index contributed by atoms with van der Waals surface area (Å²) in [5.74, 6) is 1.78. The second-order valence-electron chi connectivity index (χ2n) is 5.76. The summed E-state index contributed by atoms with van der Waals surface area (Å²) < 4.78 is 7.35. The Bertz CT molecular complexity index is 389. The van der Waals surface area contributed by atoms with Crippen LogP contribution in [0.5, 0.6) is 0 Å². The summed E-state index contributed by atoms with van der Waals surface area (Å²) in [6.45, 7) is 6.18. The number of imidazole rings is 1. The number of nitrogens with one attached hydrogen (secondary N) is 1. The summed E-state index contributed by atoms with van der Waals surface area (Å²) in [6, 6.07) is 0.580. The van der Waals surface area contributed by atoms with E-state index in [1.807, 2.05) is 0 Å². The normalized spacial score (nSPS) is 23.5. The van der Waals surface area contributed by atoms with Crippen molar-refractivity contribution in [3.05, 3.63) is 11.9 Å². The first-order valence-corrected chi connectivity index (χ1v) is 7.50. The van der Waals surface area contributed by atoms with Gasteiger partial charge in [-0.25, -0.2) is 4.98 Å². The van der Waals surface area contributed by atoms with Gasteiger partial charge in [0, 0.05) is 32.5 Å². The highest BCUT2D eigenvalue weighted by Gasteiger charge is 2.22. The molecule has 2 atom stereocenters. The molecule has 0 bridgehead atoms. The number of nitrogens with zero attached hydrogens (tertiary/aromatic N) is 2. The van der Waals surface area contributed by atoms with Gasteiger partial charge < -0.3 is 14.6 Å². The highest BCUT2D eigenvalue weighted by atomic mass is 16.5. The van der Waals surface area contributed by atoms with Gasteiger partial charge in [-0.15, -0.1) is 0 Å². The maximum absolute atomic E-state index is 5.12. The molecule has 0 saturated heterocycles. The Balaban J connectivity index is 1.98. The number of ether oxygens (including phenoxy) is 1. The summed E-state index contributed by atoms with van der Waals surface area (Å²) in [7, 11) is 1.75. The van der Waals surface area contributed by atoms with Gasteiger partial charge in [-0.1, -0.05) is 19.8 Å². The van der Waals surface area contributed by atoms with E-state index in [0.29, 0.717) is 6.04 Å². The van der Waals surface area contributed by atoms with Gasteiger partial charge in [-0.05, 0) is 32.1 Å². The molecular weight excluding hydrogens is 238 g/mol. The molecule has 0 aromatic carbocycles. The van der Waals surface area contributed by atoms with Gasteiger partial charge in [-0.2, -0.15) is 0 Å². The van der Waals surface area contributed by atoms with Crippen LogP contribution in [-0.2, 0) is 11.3 Å².